The van der Waals surface area contributed by atoms with Crippen molar-refractivity contribution in [3.8, 4) is 11.9 Å². The number of methoxy groups -OCH3 is 1. The largest absolute Gasteiger partial charge is 0.480 e. The first-order valence-electron chi connectivity index (χ1n) is 3.52. The van der Waals surface area contributed by atoms with E-state index in [-0.39, 0.29) is 15.9 Å². The second-order valence-electron chi connectivity index (χ2n) is 2.33. The van der Waals surface area contributed by atoms with E-state index in [2.05, 4.69) is 20.9 Å². The Morgan fingerprint density at radius 1 is 1.64 bits per heavy atom. The Morgan fingerprint density at radius 2 is 2.29 bits per heavy atom. The number of halogens is 3. The van der Waals surface area contributed by atoms with Crippen LogP contribution < -0.4 is 4.74 Å². The maximum Gasteiger partial charge on any atom is 0.280 e. The smallest absolute Gasteiger partial charge is 0.280 e. The number of hydrogen-bond donors (Lipinski definition) is 0. The Hall–Kier alpha value is -1.22. The summed E-state index contributed by atoms with van der Waals surface area (Å²) in [5.41, 5.74) is -0.315. The number of nitriles is 1. The molecule has 0 atom stereocenters. The van der Waals surface area contributed by atoms with Gasteiger partial charge in [-0.15, -0.1) is 0 Å². The van der Waals surface area contributed by atoms with Gasteiger partial charge in [-0.2, -0.15) is 5.26 Å². The predicted octanol–water partition coefficient (Wildman–Crippen LogP) is 2.66. The fraction of sp³-hybridized carbons (Fsp3) is 0.250. The highest BCUT2D eigenvalue weighted by Crippen LogP contribution is 2.28. The minimum Gasteiger partial charge on any atom is -0.480 e. The highest BCUT2D eigenvalue weighted by molar-refractivity contribution is 9.10. The first kappa shape index (κ1) is 10.9. The molecule has 0 aliphatic carbocycles. The maximum absolute atomic E-state index is 12.3. The predicted molar refractivity (Wildman–Crippen MR) is 48.2 cm³/mol. The standard InChI is InChI=1S/C8H5BrF2N2O/c1-14-8-4(3-12)5(9)2-6(13-8)7(10)11/h2,7H,1H3. The van der Waals surface area contributed by atoms with E-state index < -0.39 is 12.1 Å². The Morgan fingerprint density at radius 3 is 2.71 bits per heavy atom. The molecule has 1 aromatic heterocycles. The molecule has 3 nitrogen and oxygen atoms in total. The van der Waals surface area contributed by atoms with Crippen molar-refractivity contribution < 1.29 is 13.5 Å². The molecule has 0 fully saturated rings. The molecule has 0 radical (unpaired) electrons. The molecule has 0 saturated carbocycles. The van der Waals surface area contributed by atoms with Crippen LogP contribution in [0.1, 0.15) is 17.7 Å². The minimum atomic E-state index is -2.69. The quantitative estimate of drug-likeness (QED) is 0.823. The normalized spacial score (nSPS) is 10.0. The van der Waals surface area contributed by atoms with Crippen LogP contribution in [0.15, 0.2) is 10.5 Å². The SMILES string of the molecule is COc1nc(C(F)F)cc(Br)c1C#N. The van der Waals surface area contributed by atoms with E-state index in [1.165, 1.54) is 7.11 Å². The molecule has 1 aromatic rings. The zero-order valence-corrected chi connectivity index (χ0v) is 8.68. The Balaban J connectivity index is 3.33. The number of nitrogens with zero attached hydrogens (tertiary/aromatic N) is 2. The molecule has 0 saturated heterocycles. The van der Waals surface area contributed by atoms with Gasteiger partial charge >= 0.3 is 0 Å². The summed E-state index contributed by atoms with van der Waals surface area (Å²) in [7, 11) is 1.27. The highest BCUT2D eigenvalue weighted by Gasteiger charge is 2.16. The Bertz CT molecular complexity index is 390. The lowest BCUT2D eigenvalue weighted by Gasteiger charge is -2.06. The summed E-state index contributed by atoms with van der Waals surface area (Å²) >= 11 is 2.99. The van der Waals surface area contributed by atoms with Gasteiger partial charge in [0.25, 0.3) is 6.43 Å². The molecule has 1 rings (SSSR count). The van der Waals surface area contributed by atoms with Crippen molar-refractivity contribution in [2.75, 3.05) is 7.11 Å². The van der Waals surface area contributed by atoms with Crippen LogP contribution in [0.4, 0.5) is 8.78 Å². The van der Waals surface area contributed by atoms with Gasteiger partial charge in [0.2, 0.25) is 5.88 Å². The molecule has 74 valence electrons. The lowest BCUT2D eigenvalue weighted by Crippen LogP contribution is -1.98. The lowest BCUT2D eigenvalue weighted by molar-refractivity contribution is 0.145. The second kappa shape index (κ2) is 4.33. The Labute approximate surface area is 87.5 Å². The van der Waals surface area contributed by atoms with E-state index in [9.17, 15) is 8.78 Å². The van der Waals surface area contributed by atoms with Crippen molar-refractivity contribution in [2.45, 2.75) is 6.43 Å². The van der Waals surface area contributed by atoms with Crippen molar-refractivity contribution in [1.82, 2.24) is 4.98 Å². The fourth-order valence-electron chi connectivity index (χ4n) is 0.870. The van der Waals surface area contributed by atoms with Gasteiger partial charge in [0.05, 0.1) is 7.11 Å². The zero-order valence-electron chi connectivity index (χ0n) is 7.09. The van der Waals surface area contributed by atoms with E-state index in [0.29, 0.717) is 0 Å². The van der Waals surface area contributed by atoms with Gasteiger partial charge in [-0.3, -0.25) is 0 Å². The molecule has 6 heteroatoms. The molecule has 0 spiro atoms. The average molecular weight is 263 g/mol. The maximum atomic E-state index is 12.3. The third-order valence-electron chi connectivity index (χ3n) is 1.49. The average Bonchev–Trinajstić information content (AvgIpc) is 2.16. The number of pyridine rings is 1. The van der Waals surface area contributed by atoms with Gasteiger partial charge in [0.1, 0.15) is 17.3 Å². The molecular weight excluding hydrogens is 258 g/mol. The molecule has 1 heterocycles. The second-order valence-corrected chi connectivity index (χ2v) is 3.18. The summed E-state index contributed by atoms with van der Waals surface area (Å²) in [6, 6.07) is 2.90. The highest BCUT2D eigenvalue weighted by atomic mass is 79.9. The number of aromatic nitrogens is 1. The number of rotatable bonds is 2. The molecule has 0 N–H and O–H groups in total. The summed E-state index contributed by atoms with van der Waals surface area (Å²) in [5, 5.41) is 8.67. The minimum absolute atomic E-state index is 0.0998. The van der Waals surface area contributed by atoms with Crippen molar-refractivity contribution in [3.05, 3.63) is 21.8 Å². The van der Waals surface area contributed by atoms with Gasteiger partial charge in [-0.05, 0) is 22.0 Å². The molecule has 0 unspecified atom stereocenters. The van der Waals surface area contributed by atoms with E-state index >= 15 is 0 Å². The first-order valence-corrected chi connectivity index (χ1v) is 4.32. The fourth-order valence-corrected chi connectivity index (χ4v) is 1.36. The first-order chi connectivity index (χ1) is 6.60. The van der Waals surface area contributed by atoms with E-state index in [0.717, 1.165) is 6.07 Å². The van der Waals surface area contributed by atoms with Crippen LogP contribution in [0.3, 0.4) is 0 Å². The summed E-state index contributed by atoms with van der Waals surface area (Å²) in [6.07, 6.45) is -2.69. The van der Waals surface area contributed by atoms with Crippen LogP contribution >= 0.6 is 15.9 Å². The van der Waals surface area contributed by atoms with Gasteiger partial charge in [0, 0.05) is 4.47 Å². The van der Waals surface area contributed by atoms with Gasteiger partial charge < -0.3 is 4.74 Å². The van der Waals surface area contributed by atoms with E-state index in [1.807, 2.05) is 0 Å². The van der Waals surface area contributed by atoms with Crippen molar-refractivity contribution >= 4 is 15.9 Å². The van der Waals surface area contributed by atoms with Crippen molar-refractivity contribution in [1.29, 1.82) is 5.26 Å². The molecule has 0 aliphatic heterocycles. The van der Waals surface area contributed by atoms with E-state index in [4.69, 9.17) is 10.00 Å². The zero-order chi connectivity index (χ0) is 10.7. The molecule has 0 bridgehead atoms. The monoisotopic (exact) mass is 262 g/mol. The van der Waals surface area contributed by atoms with Crippen molar-refractivity contribution in [3.63, 3.8) is 0 Å². The Kier molecular flexibility index (Phi) is 3.36. The lowest BCUT2D eigenvalue weighted by atomic mass is 10.2. The van der Waals surface area contributed by atoms with Crippen LogP contribution in [-0.4, -0.2) is 12.1 Å². The van der Waals surface area contributed by atoms with Crippen molar-refractivity contribution in [2.24, 2.45) is 0 Å². The summed E-state index contributed by atoms with van der Waals surface area (Å²) in [4.78, 5) is 3.50. The molecular formula is C8H5BrF2N2O. The van der Waals surface area contributed by atoms with Crippen LogP contribution in [0.2, 0.25) is 0 Å². The van der Waals surface area contributed by atoms with Gasteiger partial charge in [-0.1, -0.05) is 0 Å². The summed E-state index contributed by atoms with van der Waals surface area (Å²) < 4.78 is 29.5. The third kappa shape index (κ3) is 1.99. The van der Waals surface area contributed by atoms with E-state index in [1.54, 1.807) is 6.07 Å². The molecule has 0 amide bonds. The number of alkyl halides is 2. The topological polar surface area (TPSA) is 45.9 Å². The van der Waals surface area contributed by atoms with Crippen LogP contribution in [0.5, 0.6) is 5.88 Å². The molecule has 0 aliphatic rings. The molecule has 14 heavy (non-hydrogen) atoms. The van der Waals surface area contributed by atoms with Crippen LogP contribution in [0.25, 0.3) is 0 Å². The van der Waals surface area contributed by atoms with Gasteiger partial charge in [-0.25, -0.2) is 13.8 Å². The summed E-state index contributed by atoms with van der Waals surface area (Å²) in [6.45, 7) is 0. The van der Waals surface area contributed by atoms with Crippen LogP contribution in [-0.2, 0) is 0 Å². The van der Waals surface area contributed by atoms with Gasteiger partial charge in [0.15, 0.2) is 0 Å². The summed E-state index contributed by atoms with van der Waals surface area (Å²) in [5.74, 6) is -0.0998. The van der Waals surface area contributed by atoms with Crippen LogP contribution in [0, 0.1) is 11.3 Å². The third-order valence-corrected chi connectivity index (χ3v) is 2.11. The number of ether oxygens (including phenoxy) is 1. The molecule has 0 aromatic carbocycles. The number of hydrogen-bond acceptors (Lipinski definition) is 3.